The van der Waals surface area contributed by atoms with Crippen LogP contribution in [0.25, 0.3) is 10.8 Å². The molecule has 0 radical (unpaired) electrons. The van der Waals surface area contributed by atoms with Gasteiger partial charge in [0.2, 0.25) is 0 Å². The molecule has 0 aliphatic carbocycles. The molecule has 0 fully saturated rings. The van der Waals surface area contributed by atoms with E-state index in [1.807, 2.05) is 68.4 Å². The smallest absolute Gasteiger partial charge is 0.251 e. The molecule has 7 nitrogen and oxygen atoms in total. The fourth-order valence-corrected chi connectivity index (χ4v) is 3.77. The van der Waals surface area contributed by atoms with Gasteiger partial charge in [0.1, 0.15) is 6.79 Å². The summed E-state index contributed by atoms with van der Waals surface area (Å²) >= 11 is 0. The molecule has 0 aromatic heterocycles. The minimum absolute atomic E-state index is 0.0819. The summed E-state index contributed by atoms with van der Waals surface area (Å²) < 4.78 is 10.8. The molecule has 7 heteroatoms. The van der Waals surface area contributed by atoms with Crippen LogP contribution in [0.1, 0.15) is 40.7 Å². The van der Waals surface area contributed by atoms with E-state index < -0.39 is 17.9 Å². The fraction of sp³-hybridized carbons (Fsp3) is 0.308. The first kappa shape index (κ1) is 24.4. The molecule has 0 saturated carbocycles. The molecule has 0 aliphatic rings. The van der Waals surface area contributed by atoms with Crippen molar-refractivity contribution < 1.29 is 24.3 Å². The maximum Gasteiger partial charge on any atom is 0.251 e. The topological polar surface area (TPSA) is 96.9 Å². The maximum atomic E-state index is 12.9. The molecule has 0 heterocycles. The van der Waals surface area contributed by atoms with Crippen molar-refractivity contribution in [3.05, 3.63) is 83.4 Å². The van der Waals surface area contributed by atoms with Gasteiger partial charge < -0.3 is 14.8 Å². The number of nitrogens with one attached hydrogen (secondary N) is 2. The van der Waals surface area contributed by atoms with E-state index in [4.69, 9.17) is 9.47 Å². The van der Waals surface area contributed by atoms with Crippen LogP contribution in [-0.2, 0) is 14.3 Å². The highest BCUT2D eigenvalue weighted by Gasteiger charge is 2.27. The minimum atomic E-state index is -0.708. The summed E-state index contributed by atoms with van der Waals surface area (Å²) in [5.74, 6) is -1.52. The lowest BCUT2D eigenvalue weighted by Gasteiger charge is -2.25. The number of ether oxygens (including phenoxy) is 2. The molecule has 174 valence electrons. The number of carbonyl (C=O) groups excluding carboxylic acids is 2. The van der Waals surface area contributed by atoms with Crippen LogP contribution in [0.5, 0.6) is 0 Å². The van der Waals surface area contributed by atoms with Gasteiger partial charge >= 0.3 is 0 Å². The second-order valence-corrected chi connectivity index (χ2v) is 7.85. The van der Waals surface area contributed by atoms with E-state index >= 15 is 0 Å². The Balaban J connectivity index is 1.86. The second-order valence-electron chi connectivity index (χ2n) is 7.85. The molecule has 0 bridgehead atoms. The lowest BCUT2D eigenvalue weighted by atomic mass is 9.88. The van der Waals surface area contributed by atoms with Crippen molar-refractivity contribution >= 4 is 22.6 Å². The number of benzene rings is 3. The van der Waals surface area contributed by atoms with Crippen molar-refractivity contribution in [2.24, 2.45) is 0 Å². The van der Waals surface area contributed by atoms with Crippen LogP contribution in [0.2, 0.25) is 0 Å². The van der Waals surface area contributed by atoms with Gasteiger partial charge in [-0.1, -0.05) is 60.2 Å². The predicted molar refractivity (Wildman–Crippen MR) is 126 cm³/mol. The van der Waals surface area contributed by atoms with E-state index in [-0.39, 0.29) is 25.7 Å². The summed E-state index contributed by atoms with van der Waals surface area (Å²) in [7, 11) is 0. The van der Waals surface area contributed by atoms with Crippen LogP contribution in [0.15, 0.2) is 66.7 Å². The zero-order valence-electron chi connectivity index (χ0n) is 18.9. The molecular weight excluding hydrogens is 420 g/mol. The lowest BCUT2D eigenvalue weighted by Crippen LogP contribution is -2.41. The molecule has 2 atom stereocenters. The number of carbonyl (C=O) groups is 2. The zero-order chi connectivity index (χ0) is 23.6. The van der Waals surface area contributed by atoms with Crippen molar-refractivity contribution in [1.82, 2.24) is 10.8 Å². The first-order valence-corrected chi connectivity index (χ1v) is 11.0. The van der Waals surface area contributed by atoms with Crippen molar-refractivity contribution in [2.75, 3.05) is 20.0 Å². The number of hydrogen-bond donors (Lipinski definition) is 3. The van der Waals surface area contributed by atoms with Gasteiger partial charge in [-0.2, -0.15) is 0 Å². The third-order valence-electron chi connectivity index (χ3n) is 5.48. The van der Waals surface area contributed by atoms with E-state index in [9.17, 15) is 14.8 Å². The van der Waals surface area contributed by atoms with Gasteiger partial charge in [0.15, 0.2) is 0 Å². The van der Waals surface area contributed by atoms with E-state index in [0.717, 1.165) is 21.9 Å². The quantitative estimate of drug-likeness (QED) is 0.178. The van der Waals surface area contributed by atoms with E-state index in [1.54, 1.807) is 17.6 Å². The standard InChI is InChI=1S/C26H30N2O5/c1-3-32-17-33-16-21(27-25(29)20-13-11-18(2)12-14-20)15-24(26(30)28-31)23-10-6-8-19-7-4-5-9-22(19)23/h4-14,21,24,31H,3,15-17H2,1-2H3,(H,27,29)(H,28,30)/t21-,24-/m0/s1. The molecule has 3 aromatic carbocycles. The SMILES string of the molecule is CCOCOC[C@H](C[C@H](C(=O)NO)c1cccc2ccccc12)NC(=O)c1ccc(C)cc1. The number of hydrogen-bond acceptors (Lipinski definition) is 5. The zero-order valence-corrected chi connectivity index (χ0v) is 18.9. The molecule has 2 amide bonds. The Morgan fingerprint density at radius 3 is 2.42 bits per heavy atom. The largest absolute Gasteiger partial charge is 0.356 e. The average Bonchev–Trinajstić information content (AvgIpc) is 2.84. The predicted octanol–water partition coefficient (Wildman–Crippen LogP) is 3.94. The van der Waals surface area contributed by atoms with Gasteiger partial charge in [0.05, 0.1) is 18.6 Å². The molecule has 0 spiro atoms. The Hall–Kier alpha value is -3.26. The second kappa shape index (κ2) is 12.1. The summed E-state index contributed by atoms with van der Waals surface area (Å²) in [4.78, 5) is 25.6. The monoisotopic (exact) mass is 450 g/mol. The summed E-state index contributed by atoms with van der Waals surface area (Å²) in [5, 5.41) is 14.3. The van der Waals surface area contributed by atoms with Crippen molar-refractivity contribution in [1.29, 1.82) is 0 Å². The first-order chi connectivity index (χ1) is 16.0. The van der Waals surface area contributed by atoms with Gasteiger partial charge in [-0.3, -0.25) is 14.8 Å². The molecule has 0 aliphatic heterocycles. The number of rotatable bonds is 11. The van der Waals surface area contributed by atoms with E-state index in [1.165, 1.54) is 0 Å². The van der Waals surface area contributed by atoms with Gasteiger partial charge in [-0.05, 0) is 48.7 Å². The minimum Gasteiger partial charge on any atom is -0.356 e. The van der Waals surface area contributed by atoms with E-state index in [2.05, 4.69) is 5.32 Å². The van der Waals surface area contributed by atoms with Crippen molar-refractivity contribution in [3.8, 4) is 0 Å². The summed E-state index contributed by atoms with van der Waals surface area (Å²) in [5.41, 5.74) is 4.12. The summed E-state index contributed by atoms with van der Waals surface area (Å²) in [6.07, 6.45) is 0.226. The molecule has 0 unspecified atom stereocenters. The van der Waals surface area contributed by atoms with Crippen LogP contribution in [0.3, 0.4) is 0 Å². The number of aryl methyl sites for hydroxylation is 1. The average molecular weight is 451 g/mol. The van der Waals surface area contributed by atoms with E-state index in [0.29, 0.717) is 12.2 Å². The molecule has 33 heavy (non-hydrogen) atoms. The lowest BCUT2D eigenvalue weighted by molar-refractivity contribution is -0.131. The van der Waals surface area contributed by atoms with Gasteiger partial charge in [-0.15, -0.1) is 0 Å². The highest BCUT2D eigenvalue weighted by Crippen LogP contribution is 2.29. The van der Waals surface area contributed by atoms with Crippen molar-refractivity contribution in [2.45, 2.75) is 32.2 Å². The molecule has 3 N–H and O–H groups in total. The summed E-state index contributed by atoms with van der Waals surface area (Å²) in [6.45, 7) is 4.55. The van der Waals surface area contributed by atoms with Gasteiger partial charge in [0, 0.05) is 12.2 Å². The third kappa shape index (κ3) is 6.61. The Labute approximate surface area is 193 Å². The highest BCUT2D eigenvalue weighted by molar-refractivity contribution is 5.95. The molecule has 3 aromatic rings. The highest BCUT2D eigenvalue weighted by atomic mass is 16.7. The fourth-order valence-electron chi connectivity index (χ4n) is 3.77. The Bertz CT molecular complexity index is 1060. The first-order valence-electron chi connectivity index (χ1n) is 11.0. The van der Waals surface area contributed by atoms with Gasteiger partial charge in [-0.25, -0.2) is 5.48 Å². The number of fused-ring (bicyclic) bond motifs is 1. The third-order valence-corrected chi connectivity index (χ3v) is 5.48. The molecule has 0 saturated heterocycles. The van der Waals surface area contributed by atoms with Crippen molar-refractivity contribution in [3.63, 3.8) is 0 Å². The molecular formula is C26H30N2O5. The van der Waals surface area contributed by atoms with Crippen LogP contribution in [0, 0.1) is 6.92 Å². The maximum absolute atomic E-state index is 12.9. The Kier molecular flexibility index (Phi) is 8.95. The van der Waals surface area contributed by atoms with Crippen LogP contribution in [-0.4, -0.2) is 43.1 Å². The summed E-state index contributed by atoms with van der Waals surface area (Å²) in [6, 6.07) is 20.2. The molecule has 3 rings (SSSR count). The van der Waals surface area contributed by atoms with Crippen LogP contribution in [0.4, 0.5) is 0 Å². The van der Waals surface area contributed by atoms with Gasteiger partial charge in [0.25, 0.3) is 11.8 Å². The normalized spacial score (nSPS) is 12.8. The van der Waals surface area contributed by atoms with Crippen LogP contribution < -0.4 is 10.8 Å². The number of hydroxylamine groups is 1. The Morgan fingerprint density at radius 1 is 0.970 bits per heavy atom. The number of amides is 2. The van der Waals surface area contributed by atoms with Crippen LogP contribution >= 0.6 is 0 Å². The Morgan fingerprint density at radius 2 is 1.70 bits per heavy atom.